The number of carbonyl (C=O) groups is 1. The van der Waals surface area contributed by atoms with Crippen molar-refractivity contribution in [2.24, 2.45) is 0 Å². The van der Waals surface area contributed by atoms with Gasteiger partial charge >= 0.3 is 5.97 Å². The Morgan fingerprint density at radius 1 is 1.24 bits per heavy atom. The first-order valence-corrected chi connectivity index (χ1v) is 7.07. The van der Waals surface area contributed by atoms with Crippen LogP contribution in [0.4, 0.5) is 0 Å². The molecule has 1 aromatic carbocycles. The topological polar surface area (TPSA) is 77.1 Å². The molecule has 0 atom stereocenters. The van der Waals surface area contributed by atoms with Crippen molar-refractivity contribution in [3.8, 4) is 17.1 Å². The quantitative estimate of drug-likeness (QED) is 0.626. The number of benzene rings is 1. The second kappa shape index (κ2) is 7.42. The first-order chi connectivity index (χ1) is 10.2. The Bertz CT molecular complexity index is 578. The molecule has 1 aromatic heterocycles. The normalized spacial score (nSPS) is 10.4. The van der Waals surface area contributed by atoms with Crippen molar-refractivity contribution in [1.82, 2.24) is 15.2 Å². The summed E-state index contributed by atoms with van der Waals surface area (Å²) < 4.78 is 10.4. The van der Waals surface area contributed by atoms with Crippen LogP contribution < -0.4 is 4.74 Å². The maximum Gasteiger partial charge on any atom is 0.375 e. The number of hydrogen-bond donors (Lipinski definition) is 1. The molecule has 0 aliphatic carbocycles. The van der Waals surface area contributed by atoms with Gasteiger partial charge < -0.3 is 9.47 Å². The summed E-state index contributed by atoms with van der Waals surface area (Å²) in [5.41, 5.74) is 0.810. The van der Waals surface area contributed by atoms with E-state index in [-0.39, 0.29) is 5.82 Å². The summed E-state index contributed by atoms with van der Waals surface area (Å²) in [7, 11) is 0. The van der Waals surface area contributed by atoms with E-state index in [1.165, 1.54) is 0 Å². The highest BCUT2D eigenvalue weighted by atomic mass is 16.5. The van der Waals surface area contributed by atoms with Gasteiger partial charge in [-0.1, -0.05) is 13.3 Å². The molecule has 0 bridgehead atoms. The number of nitrogens with zero attached hydrogens (tertiary/aromatic N) is 2. The standard InChI is InChI=1S/C15H19N3O3/c1-3-5-10-21-12-8-6-11(7-9-12)13-16-14(18-17-13)15(19)20-4-2/h6-9H,3-5,10H2,1-2H3,(H,16,17,18). The number of ether oxygens (including phenoxy) is 2. The smallest absolute Gasteiger partial charge is 0.375 e. The summed E-state index contributed by atoms with van der Waals surface area (Å²) in [6, 6.07) is 7.45. The van der Waals surface area contributed by atoms with Gasteiger partial charge in [0.2, 0.25) is 5.82 Å². The van der Waals surface area contributed by atoms with Gasteiger partial charge in [-0.25, -0.2) is 9.78 Å². The van der Waals surface area contributed by atoms with Crippen LogP contribution in [-0.2, 0) is 4.74 Å². The van der Waals surface area contributed by atoms with E-state index in [0.29, 0.717) is 19.0 Å². The average Bonchev–Trinajstić information content (AvgIpc) is 2.98. The molecule has 0 amide bonds. The van der Waals surface area contributed by atoms with Gasteiger partial charge in [0.15, 0.2) is 5.82 Å². The van der Waals surface area contributed by atoms with Gasteiger partial charge in [0.05, 0.1) is 13.2 Å². The molecule has 0 aliphatic rings. The van der Waals surface area contributed by atoms with Crippen LogP contribution in [0.2, 0.25) is 0 Å². The molecule has 112 valence electrons. The predicted molar refractivity (Wildman–Crippen MR) is 78.2 cm³/mol. The third-order valence-corrected chi connectivity index (χ3v) is 2.83. The lowest BCUT2D eigenvalue weighted by molar-refractivity contribution is 0.0512. The van der Waals surface area contributed by atoms with E-state index in [1.807, 2.05) is 24.3 Å². The van der Waals surface area contributed by atoms with Gasteiger partial charge in [0.25, 0.3) is 0 Å². The molecule has 1 heterocycles. The van der Waals surface area contributed by atoms with Crippen LogP contribution in [0.25, 0.3) is 11.4 Å². The molecule has 0 saturated heterocycles. The monoisotopic (exact) mass is 289 g/mol. The molecule has 0 saturated carbocycles. The Hall–Kier alpha value is -2.37. The van der Waals surface area contributed by atoms with Crippen molar-refractivity contribution in [3.05, 3.63) is 30.1 Å². The van der Waals surface area contributed by atoms with E-state index in [4.69, 9.17) is 9.47 Å². The molecule has 0 fully saturated rings. The maximum atomic E-state index is 11.5. The van der Waals surface area contributed by atoms with Crippen LogP contribution in [-0.4, -0.2) is 34.4 Å². The molecule has 2 aromatic rings. The number of aromatic amines is 1. The largest absolute Gasteiger partial charge is 0.494 e. The zero-order valence-corrected chi connectivity index (χ0v) is 12.3. The first kappa shape index (κ1) is 15.0. The summed E-state index contributed by atoms with van der Waals surface area (Å²) in [6.45, 7) is 4.88. The minimum atomic E-state index is -0.504. The van der Waals surface area contributed by atoms with Crippen molar-refractivity contribution >= 4 is 5.97 Å². The third-order valence-electron chi connectivity index (χ3n) is 2.83. The minimum Gasteiger partial charge on any atom is -0.494 e. The van der Waals surface area contributed by atoms with Gasteiger partial charge in [0.1, 0.15) is 5.75 Å². The Labute approximate surface area is 123 Å². The Morgan fingerprint density at radius 3 is 2.67 bits per heavy atom. The molecular weight excluding hydrogens is 270 g/mol. The summed E-state index contributed by atoms with van der Waals surface area (Å²) in [5.74, 6) is 0.873. The van der Waals surface area contributed by atoms with Crippen LogP contribution >= 0.6 is 0 Å². The van der Waals surface area contributed by atoms with Crippen molar-refractivity contribution in [3.63, 3.8) is 0 Å². The van der Waals surface area contributed by atoms with Crippen molar-refractivity contribution in [2.45, 2.75) is 26.7 Å². The third kappa shape index (κ3) is 4.05. The highest BCUT2D eigenvalue weighted by Crippen LogP contribution is 2.19. The van der Waals surface area contributed by atoms with Crippen molar-refractivity contribution < 1.29 is 14.3 Å². The highest BCUT2D eigenvalue weighted by molar-refractivity contribution is 5.85. The fourth-order valence-corrected chi connectivity index (χ4v) is 1.72. The molecular formula is C15H19N3O3. The second-order valence-electron chi connectivity index (χ2n) is 4.45. The Morgan fingerprint density at radius 2 is 2.00 bits per heavy atom. The predicted octanol–water partition coefficient (Wildman–Crippen LogP) is 2.83. The lowest BCUT2D eigenvalue weighted by atomic mass is 10.2. The van der Waals surface area contributed by atoms with Crippen LogP contribution in [0.3, 0.4) is 0 Å². The number of carbonyl (C=O) groups excluding carboxylic acids is 1. The summed E-state index contributed by atoms with van der Waals surface area (Å²) in [5, 5.41) is 6.60. The zero-order valence-electron chi connectivity index (χ0n) is 12.3. The average molecular weight is 289 g/mol. The Balaban J connectivity index is 2.03. The number of unbranched alkanes of at least 4 members (excludes halogenated alkanes) is 1. The number of rotatable bonds is 7. The van der Waals surface area contributed by atoms with Crippen molar-refractivity contribution in [1.29, 1.82) is 0 Å². The van der Waals surface area contributed by atoms with E-state index in [0.717, 1.165) is 24.2 Å². The molecule has 0 unspecified atom stereocenters. The van der Waals surface area contributed by atoms with Gasteiger partial charge in [-0.05, 0) is 37.6 Å². The number of nitrogens with one attached hydrogen (secondary N) is 1. The molecule has 0 aliphatic heterocycles. The van der Waals surface area contributed by atoms with Gasteiger partial charge in [-0.2, -0.15) is 5.10 Å². The molecule has 2 rings (SSSR count). The number of aromatic nitrogens is 3. The van der Waals surface area contributed by atoms with Crippen LogP contribution in [0, 0.1) is 0 Å². The van der Waals surface area contributed by atoms with E-state index in [2.05, 4.69) is 22.1 Å². The summed E-state index contributed by atoms with van der Waals surface area (Å²) in [4.78, 5) is 15.6. The second-order valence-corrected chi connectivity index (χ2v) is 4.45. The molecule has 21 heavy (non-hydrogen) atoms. The number of esters is 1. The first-order valence-electron chi connectivity index (χ1n) is 7.07. The van der Waals surface area contributed by atoms with E-state index >= 15 is 0 Å². The lowest BCUT2D eigenvalue weighted by Crippen LogP contribution is -2.06. The minimum absolute atomic E-state index is 0.107. The van der Waals surface area contributed by atoms with Crippen LogP contribution in [0.5, 0.6) is 5.75 Å². The molecule has 0 radical (unpaired) electrons. The maximum absolute atomic E-state index is 11.5. The fourth-order valence-electron chi connectivity index (χ4n) is 1.72. The molecule has 0 spiro atoms. The summed E-state index contributed by atoms with van der Waals surface area (Å²) >= 11 is 0. The van der Waals surface area contributed by atoms with E-state index in [9.17, 15) is 4.79 Å². The Kier molecular flexibility index (Phi) is 5.31. The number of hydrogen-bond acceptors (Lipinski definition) is 5. The number of H-pyrrole nitrogens is 1. The van der Waals surface area contributed by atoms with E-state index in [1.54, 1.807) is 6.92 Å². The molecule has 6 nitrogen and oxygen atoms in total. The van der Waals surface area contributed by atoms with Crippen LogP contribution in [0.15, 0.2) is 24.3 Å². The highest BCUT2D eigenvalue weighted by Gasteiger charge is 2.13. The van der Waals surface area contributed by atoms with E-state index < -0.39 is 5.97 Å². The van der Waals surface area contributed by atoms with Gasteiger partial charge in [0, 0.05) is 5.56 Å². The zero-order chi connectivity index (χ0) is 15.1. The fraction of sp³-hybridized carbons (Fsp3) is 0.400. The lowest BCUT2D eigenvalue weighted by Gasteiger charge is -2.05. The van der Waals surface area contributed by atoms with Crippen LogP contribution in [0.1, 0.15) is 37.3 Å². The summed E-state index contributed by atoms with van der Waals surface area (Å²) in [6.07, 6.45) is 2.14. The molecule has 6 heteroatoms. The van der Waals surface area contributed by atoms with Gasteiger partial charge in [-0.3, -0.25) is 5.10 Å². The molecule has 1 N–H and O–H groups in total. The SMILES string of the molecule is CCCCOc1ccc(-c2n[nH]c(C(=O)OCC)n2)cc1. The van der Waals surface area contributed by atoms with Gasteiger partial charge in [-0.15, -0.1) is 0 Å². The van der Waals surface area contributed by atoms with Crippen molar-refractivity contribution in [2.75, 3.05) is 13.2 Å².